The Hall–Kier alpha value is -2.63. The number of allylic oxidation sites excluding steroid dienone is 8. The van der Waals surface area contributed by atoms with Crippen LogP contribution in [0.15, 0.2) is 48.6 Å². The molecule has 0 aliphatic heterocycles. The molecule has 0 bridgehead atoms. The highest BCUT2D eigenvalue weighted by Gasteiger charge is 2.19. The van der Waals surface area contributed by atoms with Crippen molar-refractivity contribution < 1.29 is 28.6 Å². The van der Waals surface area contributed by atoms with Gasteiger partial charge in [0.05, 0.1) is 0 Å². The maximum Gasteiger partial charge on any atom is 0.306 e. The van der Waals surface area contributed by atoms with Gasteiger partial charge < -0.3 is 14.2 Å². The van der Waals surface area contributed by atoms with Gasteiger partial charge >= 0.3 is 17.9 Å². The molecule has 0 aliphatic rings. The minimum absolute atomic E-state index is 0.0798. The van der Waals surface area contributed by atoms with Crippen LogP contribution in [0.3, 0.4) is 0 Å². The normalized spacial score (nSPS) is 12.3. The van der Waals surface area contributed by atoms with Crippen LogP contribution in [-0.4, -0.2) is 37.2 Å². The molecule has 0 saturated carbocycles. The first-order valence-corrected chi connectivity index (χ1v) is 34.1. The molecular formula is C71H130O6. The number of hydrogen-bond donors (Lipinski definition) is 0. The predicted molar refractivity (Wildman–Crippen MR) is 335 cm³/mol. The minimum Gasteiger partial charge on any atom is -0.462 e. The Morgan fingerprint density at radius 2 is 0.519 bits per heavy atom. The first-order valence-electron chi connectivity index (χ1n) is 34.1. The number of ether oxygens (including phenoxy) is 3. The summed E-state index contributed by atoms with van der Waals surface area (Å²) in [5, 5.41) is 0. The monoisotopic (exact) mass is 1080 g/mol. The highest BCUT2D eigenvalue weighted by molar-refractivity contribution is 5.71. The van der Waals surface area contributed by atoms with Crippen molar-refractivity contribution in [3.8, 4) is 0 Å². The van der Waals surface area contributed by atoms with Gasteiger partial charge in [-0.05, 0) is 70.6 Å². The summed E-state index contributed by atoms with van der Waals surface area (Å²) < 4.78 is 16.9. The zero-order valence-electron chi connectivity index (χ0n) is 51.7. The van der Waals surface area contributed by atoms with Gasteiger partial charge in [-0.2, -0.15) is 0 Å². The fraction of sp³-hybridized carbons (Fsp3) is 0.845. The second-order valence-electron chi connectivity index (χ2n) is 23.1. The van der Waals surface area contributed by atoms with Crippen LogP contribution >= 0.6 is 0 Å². The highest BCUT2D eigenvalue weighted by atomic mass is 16.6. The molecule has 77 heavy (non-hydrogen) atoms. The molecule has 6 nitrogen and oxygen atoms in total. The molecule has 0 rings (SSSR count). The molecule has 1 atom stereocenters. The third kappa shape index (κ3) is 64.1. The van der Waals surface area contributed by atoms with Gasteiger partial charge in [0.15, 0.2) is 6.10 Å². The van der Waals surface area contributed by atoms with E-state index in [-0.39, 0.29) is 31.1 Å². The lowest BCUT2D eigenvalue weighted by Gasteiger charge is -2.18. The molecule has 1 unspecified atom stereocenters. The van der Waals surface area contributed by atoms with Crippen molar-refractivity contribution in [2.45, 2.75) is 374 Å². The maximum atomic E-state index is 12.9. The van der Waals surface area contributed by atoms with Crippen molar-refractivity contribution in [2.75, 3.05) is 13.2 Å². The number of carbonyl (C=O) groups is 3. The van der Waals surface area contributed by atoms with Crippen LogP contribution in [0, 0.1) is 0 Å². The summed E-state index contributed by atoms with van der Waals surface area (Å²) in [5.74, 6) is -0.889. The van der Waals surface area contributed by atoms with Crippen molar-refractivity contribution in [2.24, 2.45) is 0 Å². The third-order valence-corrected chi connectivity index (χ3v) is 15.3. The lowest BCUT2D eigenvalue weighted by atomic mass is 10.0. The zero-order chi connectivity index (χ0) is 55.7. The van der Waals surface area contributed by atoms with Crippen molar-refractivity contribution >= 4 is 17.9 Å². The SMILES string of the molecule is CC/C=C\C/C=C\C/C=C\CCCCCCCC(=O)OC(COC(=O)CCCCCCC/C=C\CCCC)COC(=O)CCCCCCCCCCCCCCCCCCCCCCCCCCCCCCCCCCC. The van der Waals surface area contributed by atoms with Crippen molar-refractivity contribution in [1.82, 2.24) is 0 Å². The molecule has 0 radical (unpaired) electrons. The van der Waals surface area contributed by atoms with Crippen LogP contribution in [0.4, 0.5) is 0 Å². The average Bonchev–Trinajstić information content (AvgIpc) is 3.43. The van der Waals surface area contributed by atoms with E-state index < -0.39 is 6.10 Å². The molecular weight excluding hydrogens is 949 g/mol. The molecule has 6 heteroatoms. The van der Waals surface area contributed by atoms with Gasteiger partial charge in [-0.1, -0.05) is 326 Å². The quantitative estimate of drug-likeness (QED) is 0.0261. The number of carbonyl (C=O) groups excluding carboxylic acids is 3. The molecule has 0 aliphatic carbocycles. The first kappa shape index (κ1) is 74.4. The summed E-state index contributed by atoms with van der Waals surface area (Å²) >= 11 is 0. The maximum absolute atomic E-state index is 12.9. The van der Waals surface area contributed by atoms with Gasteiger partial charge in [0, 0.05) is 19.3 Å². The molecule has 0 fully saturated rings. The van der Waals surface area contributed by atoms with Crippen LogP contribution in [-0.2, 0) is 28.6 Å². The molecule has 0 amide bonds. The van der Waals surface area contributed by atoms with Gasteiger partial charge in [-0.15, -0.1) is 0 Å². The molecule has 0 aromatic carbocycles. The van der Waals surface area contributed by atoms with Crippen molar-refractivity contribution in [1.29, 1.82) is 0 Å². The number of unbranched alkanes of at least 4 members (excludes halogenated alkanes) is 44. The van der Waals surface area contributed by atoms with Crippen molar-refractivity contribution in [3.63, 3.8) is 0 Å². The number of esters is 3. The van der Waals surface area contributed by atoms with Crippen LogP contribution in [0.1, 0.15) is 367 Å². The van der Waals surface area contributed by atoms with Crippen molar-refractivity contribution in [3.05, 3.63) is 48.6 Å². The Bertz CT molecular complexity index is 1330. The van der Waals surface area contributed by atoms with E-state index in [1.165, 1.54) is 225 Å². The molecule has 0 N–H and O–H groups in total. The van der Waals surface area contributed by atoms with E-state index in [1.807, 2.05) is 0 Å². The van der Waals surface area contributed by atoms with E-state index in [9.17, 15) is 14.4 Å². The Morgan fingerprint density at radius 3 is 0.844 bits per heavy atom. The Kier molecular flexibility index (Phi) is 63.6. The predicted octanol–water partition coefficient (Wildman–Crippen LogP) is 23.3. The molecule has 0 aromatic rings. The summed E-state index contributed by atoms with van der Waals surface area (Å²) in [4.78, 5) is 38.2. The van der Waals surface area contributed by atoms with Gasteiger partial charge in [0.2, 0.25) is 0 Å². The fourth-order valence-electron chi connectivity index (χ4n) is 10.2. The highest BCUT2D eigenvalue weighted by Crippen LogP contribution is 2.18. The first-order chi connectivity index (χ1) is 38.0. The fourth-order valence-corrected chi connectivity index (χ4v) is 10.2. The molecule has 0 heterocycles. The third-order valence-electron chi connectivity index (χ3n) is 15.3. The topological polar surface area (TPSA) is 78.9 Å². The largest absolute Gasteiger partial charge is 0.462 e. The summed E-state index contributed by atoms with van der Waals surface area (Å²) in [7, 11) is 0. The van der Waals surface area contributed by atoms with Crippen LogP contribution in [0.2, 0.25) is 0 Å². The minimum atomic E-state index is -0.784. The van der Waals surface area contributed by atoms with Crippen LogP contribution < -0.4 is 0 Å². The summed E-state index contributed by atoms with van der Waals surface area (Å²) in [5.41, 5.74) is 0. The zero-order valence-corrected chi connectivity index (χ0v) is 51.7. The summed E-state index contributed by atoms with van der Waals surface area (Å²) in [6.07, 6.45) is 83.1. The smallest absolute Gasteiger partial charge is 0.306 e. The second-order valence-corrected chi connectivity index (χ2v) is 23.1. The summed E-state index contributed by atoms with van der Waals surface area (Å²) in [6, 6.07) is 0. The van der Waals surface area contributed by atoms with E-state index >= 15 is 0 Å². The van der Waals surface area contributed by atoms with E-state index in [1.54, 1.807) is 0 Å². The van der Waals surface area contributed by atoms with E-state index in [2.05, 4.69) is 69.4 Å². The average molecular weight is 1080 g/mol. The number of hydrogen-bond acceptors (Lipinski definition) is 6. The van der Waals surface area contributed by atoms with Gasteiger partial charge in [-0.3, -0.25) is 14.4 Å². The van der Waals surface area contributed by atoms with Crippen LogP contribution in [0.5, 0.6) is 0 Å². The number of rotatable bonds is 63. The molecule has 0 spiro atoms. The lowest BCUT2D eigenvalue weighted by molar-refractivity contribution is -0.167. The van der Waals surface area contributed by atoms with Gasteiger partial charge in [0.1, 0.15) is 13.2 Å². The Balaban J connectivity index is 4.04. The van der Waals surface area contributed by atoms with E-state index in [0.717, 1.165) is 103 Å². The Labute approximate surface area is 479 Å². The van der Waals surface area contributed by atoms with E-state index in [0.29, 0.717) is 19.3 Å². The standard InChI is InChI=1S/C71H130O6/c1-4-7-10-13-16-19-22-24-26-27-28-29-30-31-32-33-34-35-36-37-38-39-40-41-42-43-45-46-49-52-55-58-61-64-70(73)76-67-68(66-75-69(72)63-60-57-54-51-48-21-18-15-12-9-6-3)77-71(74)65-62-59-56-53-50-47-44-25-23-20-17-14-11-8-5-2/h8,11,15,17-18,20,25,44,68H,4-7,9-10,12-14,16,19,21-24,26-43,45-67H2,1-3H3/b11-8-,18-15-,20-17-,44-25-. The Morgan fingerprint density at radius 1 is 0.273 bits per heavy atom. The second kappa shape index (κ2) is 65.9. The van der Waals surface area contributed by atoms with E-state index in [4.69, 9.17) is 14.2 Å². The van der Waals surface area contributed by atoms with Gasteiger partial charge in [0.25, 0.3) is 0 Å². The molecule has 0 aromatic heterocycles. The van der Waals surface area contributed by atoms with Gasteiger partial charge in [-0.25, -0.2) is 0 Å². The molecule has 450 valence electrons. The lowest BCUT2D eigenvalue weighted by Crippen LogP contribution is -2.30. The molecule has 0 saturated heterocycles. The van der Waals surface area contributed by atoms with Crippen LogP contribution in [0.25, 0.3) is 0 Å². The summed E-state index contributed by atoms with van der Waals surface area (Å²) in [6.45, 7) is 6.52.